The van der Waals surface area contributed by atoms with Gasteiger partial charge in [-0.2, -0.15) is 17.0 Å². The summed E-state index contributed by atoms with van der Waals surface area (Å²) in [6.45, 7) is 3.72. The second-order valence-electron chi connectivity index (χ2n) is 4.56. The molecule has 0 radical (unpaired) electrons. The van der Waals surface area contributed by atoms with Crippen LogP contribution in [0.15, 0.2) is 10.9 Å². The number of carbonyl (C=O) groups is 1. The average Bonchev–Trinajstić information content (AvgIpc) is 2.73. The topological polar surface area (TPSA) is 98.6 Å². The van der Waals surface area contributed by atoms with Crippen molar-refractivity contribution in [2.45, 2.75) is 19.6 Å². The van der Waals surface area contributed by atoms with Crippen LogP contribution in [0.1, 0.15) is 32.3 Å². The number of aromatic amines is 1. The van der Waals surface area contributed by atoms with E-state index in [1.165, 1.54) is 23.1 Å². The lowest BCUT2D eigenvalue weighted by Crippen LogP contribution is -2.20. The van der Waals surface area contributed by atoms with Gasteiger partial charge in [0.2, 0.25) is 0 Å². The fraction of sp³-hybridized carbons (Fsp3) is 0.286. The zero-order chi connectivity index (χ0) is 16.3. The van der Waals surface area contributed by atoms with Crippen molar-refractivity contribution in [1.82, 2.24) is 9.97 Å². The first kappa shape index (κ1) is 16.3. The molecule has 0 unspecified atom stereocenters. The summed E-state index contributed by atoms with van der Waals surface area (Å²) in [7, 11) is 0. The molecule has 0 saturated heterocycles. The van der Waals surface area contributed by atoms with Gasteiger partial charge in [-0.3, -0.25) is 9.59 Å². The quantitative estimate of drug-likeness (QED) is 0.895. The van der Waals surface area contributed by atoms with Gasteiger partial charge in [0.15, 0.2) is 0 Å². The van der Waals surface area contributed by atoms with E-state index in [4.69, 9.17) is 0 Å². The summed E-state index contributed by atoms with van der Waals surface area (Å²) in [4.78, 5) is 31.6. The van der Waals surface area contributed by atoms with Gasteiger partial charge in [-0.25, -0.2) is 4.98 Å². The van der Waals surface area contributed by atoms with Crippen molar-refractivity contribution in [2.75, 3.05) is 11.6 Å². The third kappa shape index (κ3) is 3.37. The smallest absolute Gasteiger partial charge is 0.275 e. The van der Waals surface area contributed by atoms with E-state index in [2.05, 4.69) is 21.4 Å². The number of thiophene rings is 1. The molecule has 2 aromatic heterocycles. The van der Waals surface area contributed by atoms with Gasteiger partial charge in [-0.15, -0.1) is 11.3 Å². The monoisotopic (exact) mass is 334 g/mol. The highest BCUT2D eigenvalue weighted by Gasteiger charge is 2.17. The molecule has 0 aliphatic carbocycles. The van der Waals surface area contributed by atoms with Gasteiger partial charge < -0.3 is 10.3 Å². The number of amides is 1. The highest BCUT2D eigenvalue weighted by Crippen LogP contribution is 2.31. The number of nitriles is 1. The molecule has 2 heterocycles. The van der Waals surface area contributed by atoms with Gasteiger partial charge >= 0.3 is 0 Å². The van der Waals surface area contributed by atoms with E-state index in [1.807, 2.05) is 20.1 Å². The van der Waals surface area contributed by atoms with E-state index in [0.29, 0.717) is 22.1 Å². The third-order valence-corrected chi connectivity index (χ3v) is 4.71. The summed E-state index contributed by atoms with van der Waals surface area (Å²) in [5, 5.41) is 12.3. The molecule has 0 saturated carbocycles. The molecule has 0 spiro atoms. The van der Waals surface area contributed by atoms with Crippen LogP contribution in [0.2, 0.25) is 0 Å². The summed E-state index contributed by atoms with van der Waals surface area (Å²) in [5.41, 5.74) is 0.971. The van der Waals surface area contributed by atoms with Crippen molar-refractivity contribution in [3.63, 3.8) is 0 Å². The molecule has 8 heteroatoms. The van der Waals surface area contributed by atoms with Gasteiger partial charge in [0.1, 0.15) is 22.6 Å². The summed E-state index contributed by atoms with van der Waals surface area (Å²) in [6.07, 6.45) is 1.88. The third-order valence-electron chi connectivity index (χ3n) is 3.03. The number of nitrogens with zero attached hydrogens (tertiary/aromatic N) is 2. The van der Waals surface area contributed by atoms with E-state index in [9.17, 15) is 14.9 Å². The second kappa shape index (κ2) is 6.77. The Morgan fingerprint density at radius 2 is 2.27 bits per heavy atom. The Bertz CT molecular complexity index is 817. The molecule has 0 aliphatic rings. The summed E-state index contributed by atoms with van der Waals surface area (Å²) in [6, 6.07) is 3.24. The molecule has 0 bridgehead atoms. The van der Waals surface area contributed by atoms with Crippen LogP contribution in [0.4, 0.5) is 5.00 Å². The van der Waals surface area contributed by atoms with Crippen LogP contribution in [0.3, 0.4) is 0 Å². The van der Waals surface area contributed by atoms with Crippen molar-refractivity contribution in [3.8, 4) is 6.07 Å². The Kier molecular flexibility index (Phi) is 5.00. The number of nitrogens with one attached hydrogen (secondary N) is 2. The fourth-order valence-corrected chi connectivity index (χ4v) is 3.26. The molecule has 0 fully saturated rings. The van der Waals surface area contributed by atoms with Crippen LogP contribution in [0.25, 0.3) is 0 Å². The summed E-state index contributed by atoms with van der Waals surface area (Å²) >= 11 is 2.83. The molecule has 6 nitrogen and oxygen atoms in total. The fourth-order valence-electron chi connectivity index (χ4n) is 1.85. The van der Waals surface area contributed by atoms with Crippen LogP contribution in [-0.2, 0) is 5.75 Å². The number of hydrogen-bond acceptors (Lipinski definition) is 6. The minimum absolute atomic E-state index is 0.0420. The minimum Gasteiger partial charge on any atom is -0.311 e. The van der Waals surface area contributed by atoms with E-state index in [1.54, 1.807) is 0 Å². The standard InChI is InChI=1S/C14H14N4O2S2/c1-7-8(2)22-14(9(7)5-15)18-13(20)10-4-12(19)17-11(16-10)6-21-3/h4H,6H2,1-3H3,(H,18,20)(H,16,17,19). The predicted molar refractivity (Wildman–Crippen MR) is 88.5 cm³/mol. The first-order valence-electron chi connectivity index (χ1n) is 6.37. The zero-order valence-corrected chi connectivity index (χ0v) is 13.9. The van der Waals surface area contributed by atoms with Crippen molar-refractivity contribution in [1.29, 1.82) is 5.26 Å². The first-order chi connectivity index (χ1) is 10.5. The lowest BCUT2D eigenvalue weighted by molar-refractivity contribution is 0.102. The van der Waals surface area contributed by atoms with Gasteiger partial charge in [0.25, 0.3) is 11.5 Å². The molecular weight excluding hydrogens is 320 g/mol. The summed E-state index contributed by atoms with van der Waals surface area (Å²) < 4.78 is 0. The molecule has 2 N–H and O–H groups in total. The second-order valence-corrected chi connectivity index (χ2v) is 6.65. The number of H-pyrrole nitrogens is 1. The predicted octanol–water partition coefficient (Wildman–Crippen LogP) is 2.44. The Hall–Kier alpha value is -2.11. The maximum absolute atomic E-state index is 12.3. The number of carbonyl (C=O) groups excluding carboxylic acids is 1. The lowest BCUT2D eigenvalue weighted by atomic mass is 10.2. The molecule has 22 heavy (non-hydrogen) atoms. The van der Waals surface area contributed by atoms with E-state index in [0.717, 1.165) is 16.5 Å². The average molecular weight is 334 g/mol. The number of thioether (sulfide) groups is 1. The van der Waals surface area contributed by atoms with Crippen LogP contribution >= 0.6 is 23.1 Å². The molecule has 2 rings (SSSR count). The van der Waals surface area contributed by atoms with Gasteiger partial charge in [-0.05, 0) is 25.7 Å². The molecule has 0 aromatic carbocycles. The van der Waals surface area contributed by atoms with Crippen molar-refractivity contribution < 1.29 is 4.79 Å². The largest absolute Gasteiger partial charge is 0.311 e. The maximum atomic E-state index is 12.3. The molecule has 1 amide bonds. The summed E-state index contributed by atoms with van der Waals surface area (Å²) in [5.74, 6) is 0.465. The van der Waals surface area contributed by atoms with Crippen molar-refractivity contribution in [2.24, 2.45) is 0 Å². The Morgan fingerprint density at radius 3 is 2.91 bits per heavy atom. The van der Waals surface area contributed by atoms with E-state index >= 15 is 0 Å². The molecule has 0 aliphatic heterocycles. The van der Waals surface area contributed by atoms with E-state index < -0.39 is 5.91 Å². The lowest BCUT2D eigenvalue weighted by Gasteiger charge is -2.04. The van der Waals surface area contributed by atoms with Gasteiger partial charge in [0, 0.05) is 10.9 Å². The molecule has 0 atom stereocenters. The highest BCUT2D eigenvalue weighted by atomic mass is 32.2. The normalized spacial score (nSPS) is 10.3. The van der Waals surface area contributed by atoms with Crippen LogP contribution < -0.4 is 10.9 Å². The molecular formula is C14H14N4O2S2. The number of rotatable bonds is 4. The number of aromatic nitrogens is 2. The Balaban J connectivity index is 2.32. The SMILES string of the molecule is CSCc1nc(C(=O)Nc2sc(C)c(C)c2C#N)cc(=O)[nH]1. The Labute approximate surface area is 135 Å². The van der Waals surface area contributed by atoms with Crippen LogP contribution in [0.5, 0.6) is 0 Å². The van der Waals surface area contributed by atoms with E-state index in [-0.39, 0.29) is 11.3 Å². The van der Waals surface area contributed by atoms with Gasteiger partial charge in [0.05, 0.1) is 11.3 Å². The maximum Gasteiger partial charge on any atom is 0.275 e. The zero-order valence-electron chi connectivity index (χ0n) is 12.3. The minimum atomic E-state index is -0.494. The van der Waals surface area contributed by atoms with Crippen molar-refractivity contribution in [3.05, 3.63) is 43.9 Å². The van der Waals surface area contributed by atoms with Crippen LogP contribution in [0, 0.1) is 25.2 Å². The highest BCUT2D eigenvalue weighted by molar-refractivity contribution is 7.97. The molecule has 2 aromatic rings. The first-order valence-corrected chi connectivity index (χ1v) is 8.58. The number of hydrogen-bond donors (Lipinski definition) is 2. The van der Waals surface area contributed by atoms with Gasteiger partial charge in [-0.1, -0.05) is 0 Å². The number of anilines is 1. The van der Waals surface area contributed by atoms with Crippen molar-refractivity contribution >= 4 is 34.0 Å². The Morgan fingerprint density at radius 1 is 1.55 bits per heavy atom. The van der Waals surface area contributed by atoms with Crippen LogP contribution in [-0.4, -0.2) is 22.1 Å². The number of aryl methyl sites for hydroxylation is 1. The molecule has 114 valence electrons.